The van der Waals surface area contributed by atoms with Crippen molar-refractivity contribution in [2.75, 3.05) is 46.3 Å². The number of halogens is 1. The largest absolute Gasteiger partial charge is 0.356 e. The second-order valence-electron chi connectivity index (χ2n) is 7.20. The number of aliphatic imine (C=N–C) groups is 1. The molecular weight excluding hydrogens is 475 g/mol. The third-order valence-electron chi connectivity index (χ3n) is 5.04. The van der Waals surface area contributed by atoms with Gasteiger partial charge in [-0.1, -0.05) is 42.5 Å². The molecule has 2 heterocycles. The molecule has 2 aromatic rings. The molecular formula is C22H33IN6. The lowest BCUT2D eigenvalue weighted by molar-refractivity contribution is 0.194. The number of hydrogen-bond acceptors (Lipinski definition) is 3. The molecule has 1 aliphatic heterocycles. The first-order valence-corrected chi connectivity index (χ1v) is 10.1. The summed E-state index contributed by atoms with van der Waals surface area (Å²) in [5.41, 5.74) is 2.55. The van der Waals surface area contributed by atoms with Crippen molar-refractivity contribution in [1.29, 1.82) is 0 Å². The summed E-state index contributed by atoms with van der Waals surface area (Å²) in [4.78, 5) is 9.32. The molecule has 158 valence electrons. The smallest absolute Gasteiger partial charge is 0.193 e. The fourth-order valence-electron chi connectivity index (χ4n) is 3.47. The van der Waals surface area contributed by atoms with Gasteiger partial charge in [-0.3, -0.25) is 14.6 Å². The van der Waals surface area contributed by atoms with Gasteiger partial charge in [0, 0.05) is 59.6 Å². The molecule has 3 rings (SSSR count). The summed E-state index contributed by atoms with van der Waals surface area (Å²) in [5.74, 6) is 1.02. The summed E-state index contributed by atoms with van der Waals surface area (Å²) in [7, 11) is 3.83. The van der Waals surface area contributed by atoms with Crippen molar-refractivity contribution in [3.8, 4) is 0 Å². The van der Waals surface area contributed by atoms with E-state index in [0.717, 1.165) is 58.1 Å². The van der Waals surface area contributed by atoms with Crippen LogP contribution < -0.4 is 5.32 Å². The van der Waals surface area contributed by atoms with Crippen LogP contribution in [-0.2, 0) is 13.5 Å². The molecule has 1 N–H and O–H groups in total. The van der Waals surface area contributed by atoms with E-state index in [4.69, 9.17) is 0 Å². The maximum absolute atomic E-state index is 4.47. The van der Waals surface area contributed by atoms with Crippen LogP contribution in [0.1, 0.15) is 17.5 Å². The molecule has 0 spiro atoms. The zero-order chi connectivity index (χ0) is 19.6. The predicted octanol–water partition coefficient (Wildman–Crippen LogP) is 2.88. The zero-order valence-electron chi connectivity index (χ0n) is 17.5. The first-order chi connectivity index (χ1) is 13.7. The van der Waals surface area contributed by atoms with Crippen molar-refractivity contribution in [1.82, 2.24) is 24.9 Å². The van der Waals surface area contributed by atoms with Crippen molar-refractivity contribution in [3.63, 3.8) is 0 Å². The second kappa shape index (κ2) is 12.6. The van der Waals surface area contributed by atoms with E-state index >= 15 is 0 Å². The van der Waals surface area contributed by atoms with Crippen molar-refractivity contribution in [2.45, 2.75) is 12.8 Å². The van der Waals surface area contributed by atoms with Crippen LogP contribution in [0.3, 0.4) is 0 Å². The maximum atomic E-state index is 4.47. The average Bonchev–Trinajstić information content (AvgIpc) is 3.15. The Morgan fingerprint density at radius 2 is 1.93 bits per heavy atom. The van der Waals surface area contributed by atoms with Gasteiger partial charge in [-0.05, 0) is 24.0 Å². The Bertz CT molecular complexity index is 763. The second-order valence-corrected chi connectivity index (χ2v) is 7.20. The highest BCUT2D eigenvalue weighted by Crippen LogP contribution is 2.05. The fraction of sp³-hybridized carbons (Fsp3) is 0.455. The number of piperazine rings is 1. The van der Waals surface area contributed by atoms with Gasteiger partial charge in [-0.2, -0.15) is 5.10 Å². The molecule has 0 aliphatic carbocycles. The van der Waals surface area contributed by atoms with Crippen LogP contribution in [0.25, 0.3) is 6.08 Å². The summed E-state index contributed by atoms with van der Waals surface area (Å²) in [6, 6.07) is 10.5. The number of hydrogen-bond donors (Lipinski definition) is 1. The summed E-state index contributed by atoms with van der Waals surface area (Å²) in [6.45, 7) is 6.09. The lowest BCUT2D eigenvalue weighted by Gasteiger charge is -2.36. The number of guanidine groups is 1. The summed E-state index contributed by atoms with van der Waals surface area (Å²) in [6.07, 6.45) is 10.6. The minimum absolute atomic E-state index is 0. The minimum Gasteiger partial charge on any atom is -0.356 e. The fourth-order valence-corrected chi connectivity index (χ4v) is 3.47. The van der Waals surface area contributed by atoms with E-state index in [1.54, 1.807) is 0 Å². The number of aryl methyl sites for hydroxylation is 2. The number of nitrogens with zero attached hydrogens (tertiary/aromatic N) is 5. The Labute approximate surface area is 191 Å². The van der Waals surface area contributed by atoms with Gasteiger partial charge in [-0.15, -0.1) is 24.0 Å². The maximum Gasteiger partial charge on any atom is 0.193 e. The SMILES string of the molecule is CN=C(NCCCc1cnn(C)c1)N1CCN(CC=Cc2ccccc2)CC1.I. The number of rotatable bonds is 7. The Morgan fingerprint density at radius 3 is 2.59 bits per heavy atom. The molecule has 6 nitrogen and oxygen atoms in total. The molecule has 0 saturated carbocycles. The molecule has 7 heteroatoms. The van der Waals surface area contributed by atoms with Crippen molar-refractivity contribution >= 4 is 36.0 Å². The highest BCUT2D eigenvalue weighted by Gasteiger charge is 2.18. The van der Waals surface area contributed by atoms with Crippen molar-refractivity contribution < 1.29 is 0 Å². The topological polar surface area (TPSA) is 48.7 Å². The minimum atomic E-state index is 0. The quantitative estimate of drug-likeness (QED) is 0.271. The van der Waals surface area contributed by atoms with Gasteiger partial charge >= 0.3 is 0 Å². The Balaban J connectivity index is 0.00000300. The van der Waals surface area contributed by atoms with Gasteiger partial charge in [0.1, 0.15) is 0 Å². The van der Waals surface area contributed by atoms with Crippen LogP contribution in [0.4, 0.5) is 0 Å². The van der Waals surface area contributed by atoms with Gasteiger partial charge in [0.15, 0.2) is 5.96 Å². The van der Waals surface area contributed by atoms with Crippen LogP contribution in [0.5, 0.6) is 0 Å². The molecule has 0 bridgehead atoms. The molecule has 1 aromatic heterocycles. The summed E-state index contributed by atoms with van der Waals surface area (Å²) >= 11 is 0. The standard InChI is InChI=1S/C22H32N6.HI/c1-23-22(24-12-6-10-21-18-25-26(2)19-21)28-16-14-27(15-17-28)13-7-11-20-8-4-3-5-9-20;/h3-5,7-9,11,18-19H,6,10,12-17H2,1-2H3,(H,23,24);1H. The molecule has 29 heavy (non-hydrogen) atoms. The van der Waals surface area contributed by atoms with E-state index in [1.165, 1.54) is 11.1 Å². The number of benzene rings is 1. The Hall–Kier alpha value is -1.87. The lowest BCUT2D eigenvalue weighted by Crippen LogP contribution is -2.52. The van der Waals surface area contributed by atoms with E-state index in [0.29, 0.717) is 0 Å². The monoisotopic (exact) mass is 508 g/mol. The van der Waals surface area contributed by atoms with E-state index < -0.39 is 0 Å². The Morgan fingerprint density at radius 1 is 1.17 bits per heavy atom. The average molecular weight is 508 g/mol. The van der Waals surface area contributed by atoms with E-state index in [-0.39, 0.29) is 24.0 Å². The van der Waals surface area contributed by atoms with Gasteiger partial charge < -0.3 is 10.2 Å². The molecule has 1 aliphatic rings. The van der Waals surface area contributed by atoms with Gasteiger partial charge in [0.25, 0.3) is 0 Å². The van der Waals surface area contributed by atoms with Crippen molar-refractivity contribution in [3.05, 3.63) is 59.9 Å². The molecule has 0 atom stereocenters. The van der Waals surface area contributed by atoms with Crippen molar-refractivity contribution in [2.24, 2.45) is 12.0 Å². The Kier molecular flexibility index (Phi) is 10.2. The van der Waals surface area contributed by atoms with Crippen LogP contribution >= 0.6 is 24.0 Å². The number of aromatic nitrogens is 2. The number of nitrogens with one attached hydrogen (secondary N) is 1. The lowest BCUT2D eigenvalue weighted by atomic mass is 10.2. The van der Waals surface area contributed by atoms with E-state index in [1.807, 2.05) is 25.0 Å². The van der Waals surface area contributed by atoms with Gasteiger partial charge in [-0.25, -0.2) is 0 Å². The van der Waals surface area contributed by atoms with Crippen LogP contribution in [-0.4, -0.2) is 71.9 Å². The van der Waals surface area contributed by atoms with E-state index in [9.17, 15) is 0 Å². The third-order valence-corrected chi connectivity index (χ3v) is 5.04. The summed E-state index contributed by atoms with van der Waals surface area (Å²) in [5, 5.41) is 7.73. The van der Waals surface area contributed by atoms with Gasteiger partial charge in [0.2, 0.25) is 0 Å². The van der Waals surface area contributed by atoms with Crippen LogP contribution in [0, 0.1) is 0 Å². The van der Waals surface area contributed by atoms with Crippen LogP contribution in [0.15, 0.2) is 53.8 Å². The van der Waals surface area contributed by atoms with E-state index in [2.05, 4.69) is 73.9 Å². The molecule has 0 unspecified atom stereocenters. The normalized spacial score (nSPS) is 15.5. The van der Waals surface area contributed by atoms with Gasteiger partial charge in [0.05, 0.1) is 6.20 Å². The summed E-state index contributed by atoms with van der Waals surface area (Å²) < 4.78 is 1.86. The first kappa shape index (κ1) is 23.4. The molecule has 1 aromatic carbocycles. The highest BCUT2D eigenvalue weighted by atomic mass is 127. The predicted molar refractivity (Wildman–Crippen MR) is 132 cm³/mol. The molecule has 0 amide bonds. The van der Waals surface area contributed by atoms with Crippen LogP contribution in [0.2, 0.25) is 0 Å². The highest BCUT2D eigenvalue weighted by molar-refractivity contribution is 14.0. The third kappa shape index (κ3) is 7.81. The molecule has 1 fully saturated rings. The molecule has 1 saturated heterocycles. The zero-order valence-corrected chi connectivity index (χ0v) is 19.8. The first-order valence-electron chi connectivity index (χ1n) is 10.1. The molecule has 0 radical (unpaired) electrons.